The molecule has 4 heteroatoms. The lowest BCUT2D eigenvalue weighted by Crippen LogP contribution is -2.43. The van der Waals surface area contributed by atoms with E-state index in [9.17, 15) is 13.6 Å². The number of nitrogens with zero attached hydrogens (tertiary/aromatic N) is 1. The Hall–Kier alpha value is -1.89. The van der Waals surface area contributed by atoms with Gasteiger partial charge in [0.1, 0.15) is 0 Å². The minimum absolute atomic E-state index is 0.0732. The molecule has 1 fully saturated rings. The SMILES string of the molecule is C#Cc1c(C)cccc1C(=O)N1CCC(F)(F)CC1. The molecule has 1 amide bonds. The van der Waals surface area contributed by atoms with Crippen LogP contribution in [0.25, 0.3) is 0 Å². The maximum atomic E-state index is 13.1. The summed E-state index contributed by atoms with van der Waals surface area (Å²) in [6.45, 7) is 1.98. The number of amides is 1. The van der Waals surface area contributed by atoms with E-state index in [1.807, 2.05) is 13.0 Å². The van der Waals surface area contributed by atoms with Gasteiger partial charge in [-0.25, -0.2) is 8.78 Å². The molecule has 1 aromatic carbocycles. The van der Waals surface area contributed by atoms with Gasteiger partial charge < -0.3 is 4.90 Å². The zero-order chi connectivity index (χ0) is 14.0. The number of hydrogen-bond acceptors (Lipinski definition) is 1. The Labute approximate surface area is 111 Å². The Morgan fingerprint density at radius 3 is 2.58 bits per heavy atom. The molecule has 0 aromatic heterocycles. The molecule has 1 heterocycles. The van der Waals surface area contributed by atoms with Gasteiger partial charge in [-0.1, -0.05) is 18.1 Å². The van der Waals surface area contributed by atoms with Crippen LogP contribution in [0.1, 0.15) is 34.3 Å². The zero-order valence-electron chi connectivity index (χ0n) is 10.7. The van der Waals surface area contributed by atoms with Crippen molar-refractivity contribution in [3.63, 3.8) is 0 Å². The van der Waals surface area contributed by atoms with Crippen molar-refractivity contribution >= 4 is 5.91 Å². The van der Waals surface area contributed by atoms with Crippen LogP contribution in [-0.4, -0.2) is 29.8 Å². The standard InChI is InChI=1S/C15H15F2NO/c1-3-12-11(2)5-4-6-13(12)14(19)18-9-7-15(16,17)8-10-18/h1,4-6H,7-10H2,2H3. The first-order valence-corrected chi connectivity index (χ1v) is 6.18. The smallest absolute Gasteiger partial charge is 0.255 e. The Morgan fingerprint density at radius 2 is 2.00 bits per heavy atom. The van der Waals surface area contributed by atoms with Crippen LogP contribution in [0.3, 0.4) is 0 Å². The number of aryl methyl sites for hydroxylation is 1. The van der Waals surface area contributed by atoms with E-state index in [1.54, 1.807) is 12.1 Å². The van der Waals surface area contributed by atoms with Gasteiger partial charge >= 0.3 is 0 Å². The Bertz CT molecular complexity index is 536. The van der Waals surface area contributed by atoms with Crippen LogP contribution in [0.15, 0.2) is 18.2 Å². The largest absolute Gasteiger partial charge is 0.338 e. The summed E-state index contributed by atoms with van der Waals surface area (Å²) in [5.41, 5.74) is 1.81. The fourth-order valence-corrected chi connectivity index (χ4v) is 2.24. The lowest BCUT2D eigenvalue weighted by molar-refractivity contribution is -0.0494. The summed E-state index contributed by atoms with van der Waals surface area (Å²) in [6.07, 6.45) is 4.86. The number of piperidine rings is 1. The van der Waals surface area contributed by atoms with Crippen LogP contribution in [0, 0.1) is 19.3 Å². The van der Waals surface area contributed by atoms with E-state index in [0.717, 1.165) is 5.56 Å². The minimum Gasteiger partial charge on any atom is -0.338 e. The normalized spacial score (nSPS) is 17.9. The number of carbonyl (C=O) groups is 1. The molecule has 0 spiro atoms. The third-order valence-corrected chi connectivity index (χ3v) is 3.43. The molecule has 2 rings (SSSR count). The minimum atomic E-state index is -2.65. The third-order valence-electron chi connectivity index (χ3n) is 3.43. The van der Waals surface area contributed by atoms with Crippen LogP contribution >= 0.6 is 0 Å². The first-order valence-electron chi connectivity index (χ1n) is 6.18. The summed E-state index contributed by atoms with van der Waals surface area (Å²) in [4.78, 5) is 13.8. The van der Waals surface area contributed by atoms with Gasteiger partial charge in [-0.15, -0.1) is 6.42 Å². The summed E-state index contributed by atoms with van der Waals surface area (Å²) in [5.74, 6) is -0.407. The topological polar surface area (TPSA) is 20.3 Å². The molecule has 1 aliphatic heterocycles. The predicted octanol–water partition coefficient (Wildman–Crippen LogP) is 2.85. The molecule has 0 aliphatic carbocycles. The second kappa shape index (κ2) is 5.00. The van der Waals surface area contributed by atoms with Crippen molar-refractivity contribution in [3.05, 3.63) is 34.9 Å². The van der Waals surface area contributed by atoms with E-state index < -0.39 is 5.92 Å². The molecule has 0 saturated carbocycles. The number of carbonyl (C=O) groups excluding carboxylic acids is 1. The quantitative estimate of drug-likeness (QED) is 0.713. The van der Waals surface area contributed by atoms with Gasteiger partial charge in [0, 0.05) is 31.5 Å². The van der Waals surface area contributed by atoms with E-state index in [-0.39, 0.29) is 31.8 Å². The molecular weight excluding hydrogens is 248 g/mol. The number of terminal acetylenes is 1. The summed E-state index contributed by atoms with van der Waals surface area (Å²) in [6, 6.07) is 5.23. The van der Waals surface area contributed by atoms with Gasteiger partial charge in [0.05, 0.1) is 5.56 Å². The van der Waals surface area contributed by atoms with Gasteiger partial charge in [0.2, 0.25) is 0 Å². The van der Waals surface area contributed by atoms with Crippen molar-refractivity contribution in [1.82, 2.24) is 4.90 Å². The van der Waals surface area contributed by atoms with E-state index in [4.69, 9.17) is 6.42 Å². The molecule has 0 bridgehead atoms. The summed E-state index contributed by atoms with van der Waals surface area (Å²) >= 11 is 0. The van der Waals surface area contributed by atoms with Gasteiger partial charge in [-0.3, -0.25) is 4.79 Å². The molecule has 0 radical (unpaired) electrons. The van der Waals surface area contributed by atoms with Gasteiger partial charge in [0.25, 0.3) is 11.8 Å². The van der Waals surface area contributed by atoms with Crippen LogP contribution in [-0.2, 0) is 0 Å². The monoisotopic (exact) mass is 263 g/mol. The highest BCUT2D eigenvalue weighted by Crippen LogP contribution is 2.28. The molecule has 0 unspecified atom stereocenters. The average Bonchev–Trinajstić information content (AvgIpc) is 2.37. The van der Waals surface area contributed by atoms with Crippen molar-refractivity contribution in [2.75, 3.05) is 13.1 Å². The van der Waals surface area contributed by atoms with E-state index in [2.05, 4.69) is 5.92 Å². The second-order valence-corrected chi connectivity index (χ2v) is 4.79. The number of halogens is 2. The summed E-state index contributed by atoms with van der Waals surface area (Å²) in [7, 11) is 0. The van der Waals surface area contributed by atoms with Gasteiger partial charge in [-0.05, 0) is 18.6 Å². The Kier molecular flexibility index (Phi) is 3.57. The van der Waals surface area contributed by atoms with E-state index in [0.29, 0.717) is 11.1 Å². The van der Waals surface area contributed by atoms with Gasteiger partial charge in [-0.2, -0.15) is 0 Å². The number of hydrogen-bond donors (Lipinski definition) is 0. The highest BCUT2D eigenvalue weighted by atomic mass is 19.3. The highest BCUT2D eigenvalue weighted by molar-refractivity contribution is 5.97. The fourth-order valence-electron chi connectivity index (χ4n) is 2.24. The van der Waals surface area contributed by atoms with Crippen molar-refractivity contribution in [2.24, 2.45) is 0 Å². The highest BCUT2D eigenvalue weighted by Gasteiger charge is 2.36. The zero-order valence-corrected chi connectivity index (χ0v) is 10.7. The van der Waals surface area contributed by atoms with Crippen molar-refractivity contribution in [1.29, 1.82) is 0 Å². The molecule has 0 N–H and O–H groups in total. The Morgan fingerprint density at radius 1 is 1.37 bits per heavy atom. The predicted molar refractivity (Wildman–Crippen MR) is 69.2 cm³/mol. The second-order valence-electron chi connectivity index (χ2n) is 4.79. The van der Waals surface area contributed by atoms with E-state index in [1.165, 1.54) is 4.90 Å². The summed E-state index contributed by atoms with van der Waals surface area (Å²) in [5, 5.41) is 0. The third kappa shape index (κ3) is 2.76. The van der Waals surface area contributed by atoms with Crippen LogP contribution in [0.2, 0.25) is 0 Å². The van der Waals surface area contributed by atoms with Crippen molar-refractivity contribution in [2.45, 2.75) is 25.7 Å². The molecule has 1 aromatic rings. The molecule has 1 saturated heterocycles. The maximum absolute atomic E-state index is 13.1. The number of alkyl halides is 2. The van der Waals surface area contributed by atoms with Gasteiger partial charge in [0.15, 0.2) is 0 Å². The van der Waals surface area contributed by atoms with Crippen LogP contribution in [0.5, 0.6) is 0 Å². The number of likely N-dealkylation sites (tertiary alicyclic amines) is 1. The Balaban J connectivity index is 2.22. The molecule has 19 heavy (non-hydrogen) atoms. The number of rotatable bonds is 1. The fraction of sp³-hybridized carbons (Fsp3) is 0.400. The molecule has 2 nitrogen and oxygen atoms in total. The van der Waals surface area contributed by atoms with E-state index >= 15 is 0 Å². The lowest BCUT2D eigenvalue weighted by Gasteiger charge is -2.32. The molecule has 100 valence electrons. The van der Waals surface area contributed by atoms with Crippen molar-refractivity contribution < 1.29 is 13.6 Å². The average molecular weight is 263 g/mol. The van der Waals surface area contributed by atoms with Crippen LogP contribution < -0.4 is 0 Å². The molecular formula is C15H15F2NO. The summed E-state index contributed by atoms with van der Waals surface area (Å²) < 4.78 is 26.2. The first-order chi connectivity index (χ1) is 8.94. The van der Waals surface area contributed by atoms with Crippen LogP contribution in [0.4, 0.5) is 8.78 Å². The lowest BCUT2D eigenvalue weighted by atomic mass is 10.00. The molecule has 1 aliphatic rings. The molecule has 0 atom stereocenters. The number of benzene rings is 1. The van der Waals surface area contributed by atoms with Crippen molar-refractivity contribution in [3.8, 4) is 12.3 Å². The maximum Gasteiger partial charge on any atom is 0.255 e. The first kappa shape index (κ1) is 13.5.